The number of para-hydroxylation sites is 4. The number of nitrogens with zero attached hydrogens (tertiary/aromatic N) is 6. The van der Waals surface area contributed by atoms with Gasteiger partial charge in [0.2, 0.25) is 35.7 Å². The Balaban J connectivity index is 0.00000360. The van der Waals surface area contributed by atoms with Crippen LogP contribution in [0.3, 0.4) is 0 Å². The summed E-state index contributed by atoms with van der Waals surface area (Å²) in [5, 5.41) is 18.4. The van der Waals surface area contributed by atoms with Crippen LogP contribution < -0.4 is 91.0 Å². The van der Waals surface area contributed by atoms with Crippen molar-refractivity contribution in [3.05, 3.63) is 175 Å². The van der Waals surface area contributed by atoms with E-state index in [1.54, 1.807) is 127 Å². The molecule has 0 fully saturated rings. The van der Waals surface area contributed by atoms with E-state index >= 15 is 0 Å². The zero-order valence-corrected chi connectivity index (χ0v) is 41.1. The molecule has 7 aromatic rings. The van der Waals surface area contributed by atoms with Crippen molar-refractivity contribution in [3.63, 3.8) is 0 Å². The van der Waals surface area contributed by atoms with Crippen LogP contribution in [0, 0.1) is 5.92 Å². The van der Waals surface area contributed by atoms with Crippen LogP contribution in [0.1, 0.15) is 12.0 Å². The van der Waals surface area contributed by atoms with Crippen LogP contribution in [-0.4, -0.2) is 65.6 Å². The van der Waals surface area contributed by atoms with Gasteiger partial charge in [0.25, 0.3) is 0 Å². The minimum Gasteiger partial charge on any atom is -0.747 e. The first-order valence-electron chi connectivity index (χ1n) is 19.6. The van der Waals surface area contributed by atoms with Crippen molar-refractivity contribution >= 4 is 84.8 Å². The normalized spacial score (nSPS) is 15.0. The number of benzene rings is 5. The van der Waals surface area contributed by atoms with Crippen molar-refractivity contribution < 1.29 is 85.1 Å². The second kappa shape index (κ2) is 21.7. The third-order valence-electron chi connectivity index (χ3n) is 9.82. The standard InChI is InChI=1S/C44H40N12O6S2.2Na/c57-63(58,59)44(64(60,61)62)30-43(29-28-32(44)27-26-31-16-6-1-7-17-31,55-41-51-37(45-33-18-8-2-9-19-33)49-38(52-41)46-34-20-10-3-11-21-34)56-42-53-39(47-35-22-12-4-13-23-35)50-40(54-42)48-36-24-14-5-15-25-36;;/h1-29,32H,30H2,(H,57,58,59)(H,60,61,62)(H3,45,46,49,51,52,55)(H3,47,48,50,53,54,56);;/q;2*+1/p-2. The summed E-state index contributed by atoms with van der Waals surface area (Å²) in [6, 6.07) is 44.4. The molecule has 1 unspecified atom stereocenters. The maximum Gasteiger partial charge on any atom is 1.00 e. The van der Waals surface area contributed by atoms with E-state index in [0.717, 1.165) is 6.08 Å². The van der Waals surface area contributed by atoms with Crippen LogP contribution in [0.4, 0.5) is 58.4 Å². The van der Waals surface area contributed by atoms with Crippen LogP contribution in [0.2, 0.25) is 0 Å². The van der Waals surface area contributed by atoms with E-state index in [4.69, 9.17) is 0 Å². The molecule has 22 heteroatoms. The Kier molecular flexibility index (Phi) is 16.3. The van der Waals surface area contributed by atoms with E-state index in [-0.39, 0.29) is 94.8 Å². The second-order valence-corrected chi connectivity index (χ2v) is 17.9. The van der Waals surface area contributed by atoms with Crippen molar-refractivity contribution in [1.82, 2.24) is 29.9 Å². The summed E-state index contributed by atoms with van der Waals surface area (Å²) in [7, 11) is -12.1. The fraction of sp³-hybridized carbons (Fsp3) is 0.0909. The number of hydrogen-bond donors (Lipinski definition) is 6. The Hall–Kier alpha value is -5.78. The molecule has 1 aliphatic carbocycles. The molecule has 0 radical (unpaired) electrons. The first kappa shape index (κ1) is 49.6. The molecule has 2 heterocycles. The van der Waals surface area contributed by atoms with Crippen molar-refractivity contribution in [2.24, 2.45) is 5.92 Å². The van der Waals surface area contributed by atoms with E-state index in [2.05, 4.69) is 61.8 Å². The van der Waals surface area contributed by atoms with Crippen LogP contribution >= 0.6 is 0 Å². The molecular weight excluding hydrogens is 903 g/mol. The summed E-state index contributed by atoms with van der Waals surface area (Å²) in [4.78, 5) is 27.3. The Morgan fingerprint density at radius 3 is 1.09 bits per heavy atom. The van der Waals surface area contributed by atoms with Gasteiger partial charge in [0.15, 0.2) is 4.08 Å². The van der Waals surface area contributed by atoms with Crippen molar-refractivity contribution in [2.45, 2.75) is 16.2 Å². The first-order valence-corrected chi connectivity index (χ1v) is 22.4. The Morgan fingerprint density at radius 1 is 0.470 bits per heavy atom. The smallest absolute Gasteiger partial charge is 0.747 e. The molecule has 8 rings (SSSR count). The van der Waals surface area contributed by atoms with Gasteiger partial charge in [0.1, 0.15) is 25.9 Å². The topological polar surface area (TPSA) is 264 Å². The fourth-order valence-electron chi connectivity index (χ4n) is 6.90. The number of rotatable bonds is 16. The monoisotopic (exact) mass is 940 g/mol. The van der Waals surface area contributed by atoms with E-state index in [9.17, 15) is 25.9 Å². The van der Waals surface area contributed by atoms with Crippen LogP contribution in [0.15, 0.2) is 170 Å². The quantitative estimate of drug-likeness (QED) is 0.0346. The Bertz CT molecular complexity index is 2720. The van der Waals surface area contributed by atoms with E-state index < -0.39 is 42.3 Å². The number of nitrogens with one attached hydrogen (secondary N) is 6. The molecule has 0 aliphatic heterocycles. The summed E-state index contributed by atoms with van der Waals surface area (Å²) >= 11 is 0. The number of anilines is 10. The Labute approximate surface area is 425 Å². The second-order valence-electron chi connectivity index (χ2n) is 14.3. The zero-order valence-electron chi connectivity index (χ0n) is 35.5. The molecule has 2 aromatic heterocycles. The number of hydrogen-bond acceptors (Lipinski definition) is 18. The maximum absolute atomic E-state index is 13.6. The molecule has 5 aromatic carbocycles. The molecule has 0 saturated heterocycles. The van der Waals surface area contributed by atoms with Crippen molar-refractivity contribution in [3.8, 4) is 0 Å². The average Bonchev–Trinajstić information content (AvgIpc) is 3.27. The minimum absolute atomic E-state index is 0. The summed E-state index contributed by atoms with van der Waals surface area (Å²) in [6.45, 7) is 0. The first-order chi connectivity index (χ1) is 30.8. The molecule has 1 aliphatic rings. The van der Waals surface area contributed by atoms with Crippen molar-refractivity contribution in [2.75, 3.05) is 31.9 Å². The SMILES string of the molecule is O=S(=O)([O-])C1(S(=O)(=O)[O-])CC(Nc2nc(Nc3ccccc3)nc(Nc3ccccc3)n2)(Nc2nc(Nc3ccccc3)nc(Nc3ccccc3)n2)C=CC1C=Cc1ccccc1.[Na+].[Na+]. The van der Waals surface area contributed by atoms with Crippen LogP contribution in [0.25, 0.3) is 6.08 Å². The largest absolute Gasteiger partial charge is 1.00 e. The van der Waals surface area contributed by atoms with Gasteiger partial charge in [0, 0.05) is 35.1 Å². The Morgan fingerprint density at radius 2 is 0.773 bits per heavy atom. The van der Waals surface area contributed by atoms with Gasteiger partial charge >= 0.3 is 59.1 Å². The summed E-state index contributed by atoms with van der Waals surface area (Å²) in [5.74, 6) is -2.29. The molecule has 0 amide bonds. The summed E-state index contributed by atoms with van der Waals surface area (Å²) in [5.41, 5.74) is 0.712. The van der Waals surface area contributed by atoms with Crippen LogP contribution in [-0.2, 0) is 20.2 Å². The molecule has 0 saturated carbocycles. The molecule has 6 N–H and O–H groups in total. The zero-order chi connectivity index (χ0) is 44.6. The molecule has 0 spiro atoms. The van der Waals surface area contributed by atoms with E-state index in [1.807, 2.05) is 24.3 Å². The van der Waals surface area contributed by atoms with Gasteiger partial charge in [-0.2, -0.15) is 29.9 Å². The third kappa shape index (κ3) is 12.2. The van der Waals surface area contributed by atoms with E-state index in [1.165, 1.54) is 18.2 Å². The van der Waals surface area contributed by atoms with Gasteiger partial charge in [-0.05, 0) is 60.2 Å². The van der Waals surface area contributed by atoms with Gasteiger partial charge in [-0.15, -0.1) is 0 Å². The van der Waals surface area contributed by atoms with Gasteiger partial charge in [-0.25, -0.2) is 16.8 Å². The van der Waals surface area contributed by atoms with Gasteiger partial charge in [-0.3, -0.25) is 0 Å². The maximum atomic E-state index is 13.6. The summed E-state index contributed by atoms with van der Waals surface area (Å²) in [6.07, 6.45) is 3.91. The molecule has 66 heavy (non-hydrogen) atoms. The number of aromatic nitrogens is 6. The molecule has 324 valence electrons. The molecule has 0 bridgehead atoms. The minimum atomic E-state index is -6.04. The molecule has 1 atom stereocenters. The average molecular weight is 941 g/mol. The van der Waals surface area contributed by atoms with Gasteiger partial charge < -0.3 is 41.0 Å². The predicted molar refractivity (Wildman–Crippen MR) is 243 cm³/mol. The predicted octanol–water partition coefficient (Wildman–Crippen LogP) is 1.34. The third-order valence-corrected chi connectivity index (χ3v) is 13.6. The molecular formula is C44H38N12Na2O6S2. The summed E-state index contributed by atoms with van der Waals surface area (Å²) < 4.78 is 78.1. The van der Waals surface area contributed by atoms with Gasteiger partial charge in [0.05, 0.1) is 0 Å². The number of allylic oxidation sites excluding steroid dienone is 2. The molecule has 18 nitrogen and oxygen atoms in total. The van der Waals surface area contributed by atoms with Crippen LogP contribution in [0.5, 0.6) is 0 Å². The van der Waals surface area contributed by atoms with Gasteiger partial charge in [-0.1, -0.05) is 121 Å². The van der Waals surface area contributed by atoms with E-state index in [0.29, 0.717) is 28.3 Å². The van der Waals surface area contributed by atoms with Crippen molar-refractivity contribution in [1.29, 1.82) is 0 Å². The fourth-order valence-corrected chi connectivity index (χ4v) is 9.69.